The second-order valence-electron chi connectivity index (χ2n) is 6.97. The Kier molecular flexibility index (Phi) is 17.3. The normalized spacial score (nSPS) is 12.4. The summed E-state index contributed by atoms with van der Waals surface area (Å²) in [6.07, 6.45) is 19.1. The highest BCUT2D eigenvalue weighted by molar-refractivity contribution is 5.66. The molecule has 0 aliphatic heterocycles. The van der Waals surface area contributed by atoms with Gasteiger partial charge in [-0.25, -0.2) is 0 Å². The highest BCUT2D eigenvalue weighted by atomic mass is 16.4. The summed E-state index contributed by atoms with van der Waals surface area (Å²) in [5, 5.41) is 18.5. The third-order valence-electron chi connectivity index (χ3n) is 4.57. The highest BCUT2D eigenvalue weighted by Crippen LogP contribution is 2.14. The first-order valence-electron chi connectivity index (χ1n) is 10.1. The monoisotopic (exact) mass is 328 g/mol. The first-order valence-corrected chi connectivity index (χ1v) is 10.1. The molecule has 0 saturated heterocycles. The Labute approximate surface area is 143 Å². The van der Waals surface area contributed by atoms with Crippen molar-refractivity contribution >= 4 is 5.97 Å². The molecule has 1 atom stereocenters. The van der Waals surface area contributed by atoms with Crippen molar-refractivity contribution in [2.24, 2.45) is 0 Å². The zero-order valence-electron chi connectivity index (χ0n) is 15.4. The van der Waals surface area contributed by atoms with Crippen molar-refractivity contribution in [1.82, 2.24) is 0 Å². The van der Waals surface area contributed by atoms with E-state index >= 15 is 0 Å². The quantitative estimate of drug-likeness (QED) is 0.300. The highest BCUT2D eigenvalue weighted by Gasteiger charge is 2.03. The zero-order valence-corrected chi connectivity index (χ0v) is 15.4. The Balaban J connectivity index is 3.13. The van der Waals surface area contributed by atoms with Crippen LogP contribution in [0.25, 0.3) is 0 Å². The molecule has 138 valence electrons. The maximum Gasteiger partial charge on any atom is 0.303 e. The zero-order chi connectivity index (χ0) is 17.2. The molecule has 0 aliphatic carbocycles. The molecule has 3 heteroatoms. The molecule has 0 fully saturated rings. The topological polar surface area (TPSA) is 57.5 Å². The van der Waals surface area contributed by atoms with Gasteiger partial charge in [-0.05, 0) is 19.3 Å². The van der Waals surface area contributed by atoms with Crippen molar-refractivity contribution in [2.45, 2.75) is 122 Å². The first-order chi connectivity index (χ1) is 11.2. The van der Waals surface area contributed by atoms with Crippen molar-refractivity contribution in [3.8, 4) is 0 Å². The second-order valence-corrected chi connectivity index (χ2v) is 6.97. The number of carboxylic acids is 1. The van der Waals surface area contributed by atoms with E-state index in [9.17, 15) is 9.90 Å². The van der Waals surface area contributed by atoms with Gasteiger partial charge in [0.05, 0.1) is 6.10 Å². The first kappa shape index (κ1) is 22.4. The van der Waals surface area contributed by atoms with Crippen LogP contribution in [-0.2, 0) is 4.79 Å². The third kappa shape index (κ3) is 19.4. The van der Waals surface area contributed by atoms with Gasteiger partial charge < -0.3 is 10.2 Å². The van der Waals surface area contributed by atoms with E-state index in [2.05, 4.69) is 6.92 Å². The predicted octanol–water partition coefficient (Wildman–Crippen LogP) is 6.08. The van der Waals surface area contributed by atoms with Crippen molar-refractivity contribution in [3.63, 3.8) is 0 Å². The van der Waals surface area contributed by atoms with Crippen molar-refractivity contribution in [2.75, 3.05) is 0 Å². The average Bonchev–Trinajstić information content (AvgIpc) is 2.52. The van der Waals surface area contributed by atoms with Crippen LogP contribution < -0.4 is 0 Å². The molecule has 0 bridgehead atoms. The maximum absolute atomic E-state index is 10.4. The smallest absolute Gasteiger partial charge is 0.303 e. The number of unbranched alkanes of at least 4 members (excludes halogenated alkanes) is 12. The van der Waals surface area contributed by atoms with E-state index in [1.54, 1.807) is 0 Å². The van der Waals surface area contributed by atoms with Crippen molar-refractivity contribution in [3.05, 3.63) is 0 Å². The van der Waals surface area contributed by atoms with Crippen LogP contribution in [-0.4, -0.2) is 22.3 Å². The van der Waals surface area contributed by atoms with Crippen LogP contribution >= 0.6 is 0 Å². The van der Waals surface area contributed by atoms with Crippen LogP contribution in [0.15, 0.2) is 0 Å². The molecule has 3 nitrogen and oxygen atoms in total. The lowest BCUT2D eigenvalue weighted by molar-refractivity contribution is -0.137. The fourth-order valence-electron chi connectivity index (χ4n) is 3.02. The number of hydrogen-bond acceptors (Lipinski definition) is 2. The van der Waals surface area contributed by atoms with Crippen LogP contribution in [0, 0.1) is 0 Å². The van der Waals surface area contributed by atoms with Crippen molar-refractivity contribution in [1.29, 1.82) is 0 Å². The molecule has 0 amide bonds. The van der Waals surface area contributed by atoms with Gasteiger partial charge in [0.1, 0.15) is 0 Å². The minimum absolute atomic E-state index is 0.0779. The second kappa shape index (κ2) is 17.8. The van der Waals surface area contributed by atoms with Crippen LogP contribution in [0.4, 0.5) is 0 Å². The molecule has 0 aromatic rings. The number of aliphatic hydroxyl groups is 1. The lowest BCUT2D eigenvalue weighted by Gasteiger charge is -2.10. The van der Waals surface area contributed by atoms with Gasteiger partial charge >= 0.3 is 5.97 Å². The van der Waals surface area contributed by atoms with Gasteiger partial charge in [0.2, 0.25) is 0 Å². The van der Waals surface area contributed by atoms with E-state index in [0.717, 1.165) is 32.1 Å². The van der Waals surface area contributed by atoms with Gasteiger partial charge in [-0.2, -0.15) is 0 Å². The van der Waals surface area contributed by atoms with E-state index in [4.69, 9.17) is 5.11 Å². The molecule has 1 unspecified atom stereocenters. The fraction of sp³-hybridized carbons (Fsp3) is 0.950. The summed E-state index contributed by atoms with van der Waals surface area (Å²) in [6, 6.07) is 0. The van der Waals surface area contributed by atoms with E-state index < -0.39 is 5.97 Å². The van der Waals surface area contributed by atoms with Crippen LogP contribution in [0.1, 0.15) is 116 Å². The van der Waals surface area contributed by atoms with Crippen LogP contribution in [0.3, 0.4) is 0 Å². The number of carboxylic acid groups (broad SMARTS) is 1. The van der Waals surface area contributed by atoms with Crippen LogP contribution in [0.5, 0.6) is 0 Å². The minimum atomic E-state index is -0.673. The number of rotatable bonds is 18. The standard InChI is InChI=1S/C20H40O3/c1-2-3-4-10-13-16-19(21)17-14-11-8-6-5-7-9-12-15-18-20(22)23/h19,21H,2-18H2,1H3,(H,22,23). The molecule has 0 aromatic heterocycles. The average molecular weight is 329 g/mol. The number of aliphatic carboxylic acids is 1. The van der Waals surface area contributed by atoms with Crippen LogP contribution in [0.2, 0.25) is 0 Å². The summed E-state index contributed by atoms with van der Waals surface area (Å²) in [5.74, 6) is -0.673. The van der Waals surface area contributed by atoms with Crippen molar-refractivity contribution < 1.29 is 15.0 Å². The third-order valence-corrected chi connectivity index (χ3v) is 4.57. The molecule has 0 saturated carbocycles. The molecule has 0 heterocycles. The SMILES string of the molecule is CCCCCCCC(O)CCCCCCCCCCCC(=O)O. The van der Waals surface area contributed by atoms with Gasteiger partial charge in [-0.15, -0.1) is 0 Å². The Morgan fingerprint density at radius 1 is 0.696 bits per heavy atom. The Morgan fingerprint density at radius 2 is 1.09 bits per heavy atom. The van der Waals surface area contributed by atoms with E-state index in [1.165, 1.54) is 70.6 Å². The summed E-state index contributed by atoms with van der Waals surface area (Å²) < 4.78 is 0. The van der Waals surface area contributed by atoms with Gasteiger partial charge in [0.25, 0.3) is 0 Å². The van der Waals surface area contributed by atoms with Gasteiger partial charge in [-0.1, -0.05) is 90.4 Å². The number of aliphatic hydroxyl groups excluding tert-OH is 1. The van der Waals surface area contributed by atoms with E-state index in [0.29, 0.717) is 6.42 Å². The summed E-state index contributed by atoms with van der Waals surface area (Å²) in [6.45, 7) is 2.23. The lowest BCUT2D eigenvalue weighted by atomic mass is 10.0. The molecule has 0 aromatic carbocycles. The Bertz CT molecular complexity index is 253. The molecule has 0 spiro atoms. The largest absolute Gasteiger partial charge is 0.481 e. The van der Waals surface area contributed by atoms with Gasteiger partial charge in [0.15, 0.2) is 0 Å². The van der Waals surface area contributed by atoms with Gasteiger partial charge in [-0.3, -0.25) is 4.79 Å². The number of hydrogen-bond donors (Lipinski definition) is 2. The maximum atomic E-state index is 10.4. The Hall–Kier alpha value is -0.570. The summed E-state index contributed by atoms with van der Waals surface area (Å²) in [4.78, 5) is 10.4. The van der Waals surface area contributed by atoms with E-state index in [-0.39, 0.29) is 6.10 Å². The molecule has 0 radical (unpaired) electrons. The predicted molar refractivity (Wildman–Crippen MR) is 97.8 cm³/mol. The molecule has 23 heavy (non-hydrogen) atoms. The fourth-order valence-corrected chi connectivity index (χ4v) is 3.02. The molecule has 0 rings (SSSR count). The minimum Gasteiger partial charge on any atom is -0.481 e. The molecular formula is C20H40O3. The van der Waals surface area contributed by atoms with E-state index in [1.807, 2.05) is 0 Å². The van der Waals surface area contributed by atoms with Gasteiger partial charge in [0, 0.05) is 6.42 Å². The number of carbonyl (C=O) groups is 1. The summed E-state index contributed by atoms with van der Waals surface area (Å²) in [5.41, 5.74) is 0. The molecule has 0 aliphatic rings. The summed E-state index contributed by atoms with van der Waals surface area (Å²) in [7, 11) is 0. The molecular weight excluding hydrogens is 288 g/mol. The summed E-state index contributed by atoms with van der Waals surface area (Å²) >= 11 is 0. The lowest BCUT2D eigenvalue weighted by Crippen LogP contribution is -2.05. The Morgan fingerprint density at radius 3 is 1.52 bits per heavy atom. The molecule has 2 N–H and O–H groups in total.